The molecule has 0 bridgehead atoms. The molecule has 35 heavy (non-hydrogen) atoms. The average Bonchev–Trinajstić information content (AvgIpc) is 3.13. The predicted molar refractivity (Wildman–Crippen MR) is 130 cm³/mol. The van der Waals surface area contributed by atoms with Gasteiger partial charge in [-0.15, -0.1) is 0 Å². The Morgan fingerprint density at radius 2 is 1.77 bits per heavy atom. The molecule has 1 aliphatic carbocycles. The Balaban J connectivity index is 1.65. The highest BCUT2D eigenvalue weighted by Gasteiger charge is 2.60. The minimum Gasteiger partial charge on any atom is -0.496 e. The monoisotopic (exact) mass is 500 g/mol. The first-order valence-corrected chi connectivity index (χ1v) is 11.2. The molecule has 2 aromatic rings. The van der Waals surface area contributed by atoms with Crippen molar-refractivity contribution in [2.75, 3.05) is 32.0 Å². The van der Waals surface area contributed by atoms with Crippen LogP contribution in [0.1, 0.15) is 30.6 Å². The predicted octanol–water partition coefficient (Wildman–Crippen LogP) is 4.24. The fourth-order valence-electron chi connectivity index (χ4n) is 4.46. The Morgan fingerprint density at radius 1 is 1.09 bits per heavy atom. The molecule has 1 amide bonds. The number of hydrogen-bond acceptors (Lipinski definition) is 8. The van der Waals surface area contributed by atoms with Crippen molar-refractivity contribution >= 4 is 40.4 Å². The number of anilines is 2. The van der Waals surface area contributed by atoms with Crippen LogP contribution >= 0.6 is 11.6 Å². The minimum atomic E-state index is -1.75. The van der Waals surface area contributed by atoms with E-state index < -0.39 is 23.1 Å². The summed E-state index contributed by atoms with van der Waals surface area (Å²) in [5, 5.41) is 6.00. The molecule has 2 aliphatic rings. The van der Waals surface area contributed by atoms with Gasteiger partial charge in [0, 0.05) is 42.4 Å². The first kappa shape index (κ1) is 24.4. The summed E-state index contributed by atoms with van der Waals surface area (Å²) >= 11 is 6.42. The Kier molecular flexibility index (Phi) is 6.38. The van der Waals surface area contributed by atoms with Crippen LogP contribution in [-0.2, 0) is 9.59 Å². The first-order valence-electron chi connectivity index (χ1n) is 10.8. The molecule has 1 spiro atoms. The van der Waals surface area contributed by atoms with E-state index in [1.807, 2.05) is 0 Å². The molecule has 2 aromatic carbocycles. The van der Waals surface area contributed by atoms with E-state index >= 15 is 0 Å². The minimum absolute atomic E-state index is 0.0798. The summed E-state index contributed by atoms with van der Waals surface area (Å²) in [6.07, 6.45) is 1.72. The molecule has 9 nitrogen and oxygen atoms in total. The van der Waals surface area contributed by atoms with Crippen molar-refractivity contribution in [1.82, 2.24) is 0 Å². The maximum Gasteiger partial charge on any atom is 0.236 e. The van der Waals surface area contributed by atoms with Crippen LogP contribution in [0.4, 0.5) is 11.4 Å². The number of rotatable bonds is 6. The summed E-state index contributed by atoms with van der Waals surface area (Å²) < 4.78 is 22.0. The summed E-state index contributed by atoms with van der Waals surface area (Å²) in [6.45, 7) is 3.18. The van der Waals surface area contributed by atoms with Gasteiger partial charge in [0.25, 0.3) is 0 Å². The van der Waals surface area contributed by atoms with Crippen LogP contribution in [-0.4, -0.2) is 44.4 Å². The highest BCUT2D eigenvalue weighted by Crippen LogP contribution is 2.53. The number of allylic oxidation sites excluding steroid dienone is 1. The third kappa shape index (κ3) is 3.95. The maximum atomic E-state index is 13.6. The van der Waals surface area contributed by atoms with Gasteiger partial charge < -0.3 is 29.6 Å². The standard InChI is InChI=1S/C25H25ClN2O7/c1-12-8-15(28-14-6-7-16(27-13(2)29)17(9-14)32-3)10-20(30)25(12)24(31)21-18(33-4)11-19(34-5)22(26)23(21)35-25/h6-7,9-12,28H,8H2,1-5H3,(H,27,29). The Bertz CT molecular complexity index is 1270. The topological polar surface area (TPSA) is 112 Å². The third-order valence-corrected chi connectivity index (χ3v) is 6.49. The van der Waals surface area contributed by atoms with E-state index in [4.69, 9.17) is 30.5 Å². The molecule has 0 saturated heterocycles. The van der Waals surface area contributed by atoms with Gasteiger partial charge in [-0.25, -0.2) is 0 Å². The quantitative estimate of drug-likeness (QED) is 0.566. The van der Waals surface area contributed by atoms with E-state index in [1.165, 1.54) is 40.4 Å². The van der Waals surface area contributed by atoms with Gasteiger partial charge in [0.15, 0.2) is 5.75 Å². The van der Waals surface area contributed by atoms with Crippen molar-refractivity contribution in [2.45, 2.75) is 25.9 Å². The van der Waals surface area contributed by atoms with Crippen LogP contribution in [0.5, 0.6) is 23.0 Å². The van der Waals surface area contributed by atoms with Crippen LogP contribution in [0.3, 0.4) is 0 Å². The van der Waals surface area contributed by atoms with E-state index in [9.17, 15) is 14.4 Å². The van der Waals surface area contributed by atoms with Crippen molar-refractivity contribution in [2.24, 2.45) is 5.92 Å². The Labute approximate surface area is 207 Å². The second-order valence-electron chi connectivity index (χ2n) is 8.33. The lowest BCUT2D eigenvalue weighted by Crippen LogP contribution is -2.55. The summed E-state index contributed by atoms with van der Waals surface area (Å²) in [5.41, 5.74) is 0.154. The fourth-order valence-corrected chi connectivity index (χ4v) is 4.73. The largest absolute Gasteiger partial charge is 0.496 e. The number of benzene rings is 2. The molecule has 2 unspecified atom stereocenters. The lowest BCUT2D eigenvalue weighted by atomic mass is 9.74. The van der Waals surface area contributed by atoms with E-state index in [-0.39, 0.29) is 33.7 Å². The summed E-state index contributed by atoms with van der Waals surface area (Å²) in [7, 11) is 4.35. The van der Waals surface area contributed by atoms with E-state index in [2.05, 4.69) is 10.6 Å². The zero-order chi connectivity index (χ0) is 25.5. The van der Waals surface area contributed by atoms with Gasteiger partial charge in [-0.05, 0) is 18.6 Å². The van der Waals surface area contributed by atoms with Gasteiger partial charge in [0.1, 0.15) is 27.8 Å². The molecule has 2 atom stereocenters. The third-order valence-electron chi connectivity index (χ3n) is 6.13. The second-order valence-corrected chi connectivity index (χ2v) is 8.70. The normalized spacial score (nSPS) is 20.6. The average molecular weight is 501 g/mol. The Morgan fingerprint density at radius 3 is 2.37 bits per heavy atom. The molecule has 0 saturated carbocycles. The molecule has 184 valence electrons. The number of ketones is 2. The number of carbonyl (C=O) groups excluding carboxylic acids is 3. The highest BCUT2D eigenvalue weighted by molar-refractivity contribution is 6.36. The van der Waals surface area contributed by atoms with Crippen molar-refractivity contribution < 1.29 is 33.3 Å². The molecule has 0 radical (unpaired) electrons. The lowest BCUT2D eigenvalue weighted by Gasteiger charge is -2.35. The molecule has 0 fully saturated rings. The molecule has 4 rings (SSSR count). The molecule has 10 heteroatoms. The van der Waals surface area contributed by atoms with Crippen molar-refractivity contribution in [1.29, 1.82) is 0 Å². The summed E-state index contributed by atoms with van der Waals surface area (Å²) in [6, 6.07) is 6.65. The molecular weight excluding hydrogens is 476 g/mol. The van der Waals surface area contributed by atoms with Crippen LogP contribution < -0.4 is 29.6 Å². The zero-order valence-corrected chi connectivity index (χ0v) is 20.7. The van der Waals surface area contributed by atoms with E-state index in [0.717, 1.165) is 0 Å². The maximum absolute atomic E-state index is 13.6. The summed E-state index contributed by atoms with van der Waals surface area (Å²) in [4.78, 5) is 38.4. The zero-order valence-electron chi connectivity index (χ0n) is 19.9. The number of hydrogen-bond donors (Lipinski definition) is 2. The second kappa shape index (κ2) is 9.14. The highest BCUT2D eigenvalue weighted by atomic mass is 35.5. The number of carbonyl (C=O) groups is 3. The van der Waals surface area contributed by atoms with Crippen molar-refractivity contribution in [3.63, 3.8) is 0 Å². The van der Waals surface area contributed by atoms with Crippen molar-refractivity contribution in [3.8, 4) is 23.0 Å². The van der Waals surface area contributed by atoms with E-state index in [0.29, 0.717) is 29.2 Å². The van der Waals surface area contributed by atoms with Gasteiger partial charge >= 0.3 is 0 Å². The van der Waals surface area contributed by atoms with Gasteiger partial charge in [-0.1, -0.05) is 18.5 Å². The smallest absolute Gasteiger partial charge is 0.236 e. The van der Waals surface area contributed by atoms with Crippen LogP contribution in [0.25, 0.3) is 0 Å². The number of amides is 1. The lowest BCUT2D eigenvalue weighted by molar-refractivity contribution is -0.129. The molecule has 2 N–H and O–H groups in total. The van der Waals surface area contributed by atoms with Crippen LogP contribution in [0, 0.1) is 5.92 Å². The van der Waals surface area contributed by atoms with Gasteiger partial charge in [0.05, 0.1) is 27.0 Å². The van der Waals surface area contributed by atoms with Crippen LogP contribution in [0.15, 0.2) is 36.0 Å². The SMILES string of the molecule is COc1cc(NC2=CC(=O)C3(Oc4c(Cl)c(OC)cc(OC)c4C3=O)C(C)C2)ccc1NC(C)=O. The van der Waals surface area contributed by atoms with Gasteiger partial charge in [0.2, 0.25) is 23.1 Å². The number of nitrogens with one attached hydrogen (secondary N) is 2. The number of ether oxygens (including phenoxy) is 4. The van der Waals surface area contributed by atoms with Gasteiger partial charge in [-0.3, -0.25) is 14.4 Å². The van der Waals surface area contributed by atoms with Crippen LogP contribution in [0.2, 0.25) is 5.02 Å². The number of fused-ring (bicyclic) bond motifs is 1. The Hall–Kier alpha value is -3.72. The van der Waals surface area contributed by atoms with E-state index in [1.54, 1.807) is 25.1 Å². The molecular formula is C25H25ClN2O7. The number of methoxy groups -OCH3 is 3. The summed E-state index contributed by atoms with van der Waals surface area (Å²) in [5.74, 6) is -0.703. The molecule has 1 aliphatic heterocycles. The van der Waals surface area contributed by atoms with Gasteiger partial charge in [-0.2, -0.15) is 0 Å². The number of halogens is 1. The molecule has 1 heterocycles. The molecule has 0 aromatic heterocycles. The number of Topliss-reactive ketones (excluding diaryl/α,β-unsaturated/α-hetero) is 1. The fraction of sp³-hybridized carbons (Fsp3) is 0.320. The first-order chi connectivity index (χ1) is 16.7. The van der Waals surface area contributed by atoms with Crippen molar-refractivity contribution in [3.05, 3.63) is 46.6 Å².